The van der Waals surface area contributed by atoms with Crippen LogP contribution in [0.4, 0.5) is 0 Å². The van der Waals surface area contributed by atoms with E-state index in [2.05, 4.69) is 25.7 Å². The lowest BCUT2D eigenvalue weighted by Crippen LogP contribution is -2.46. The highest BCUT2D eigenvalue weighted by Crippen LogP contribution is 2.36. The van der Waals surface area contributed by atoms with E-state index in [-0.39, 0.29) is 0 Å². The Morgan fingerprint density at radius 1 is 1.40 bits per heavy atom. The second-order valence-electron chi connectivity index (χ2n) is 4.97. The molecular weight excluding hydrogens is 190 g/mol. The molecule has 1 aliphatic heterocycles. The summed E-state index contributed by atoms with van der Waals surface area (Å²) in [6.07, 6.45) is 3.42. The highest BCUT2D eigenvalue weighted by molar-refractivity contribution is 5.74. The summed E-state index contributed by atoms with van der Waals surface area (Å²) in [6.45, 7) is 8.29. The van der Waals surface area contributed by atoms with Gasteiger partial charge in [-0.15, -0.1) is 0 Å². The summed E-state index contributed by atoms with van der Waals surface area (Å²) >= 11 is 0. The first-order chi connectivity index (χ1) is 7.02. The summed E-state index contributed by atoms with van der Waals surface area (Å²) in [6, 6.07) is 0.540. The second kappa shape index (κ2) is 4.97. The molecule has 0 radical (unpaired) electrons. The topological polar surface area (TPSA) is 40.5 Å². The number of nitrogens with zero attached hydrogens (tertiary/aromatic N) is 1. The summed E-state index contributed by atoms with van der Waals surface area (Å²) in [5.41, 5.74) is -0.430. The largest absolute Gasteiger partial charge is 0.481 e. The van der Waals surface area contributed by atoms with Crippen LogP contribution < -0.4 is 0 Å². The Labute approximate surface area is 92.5 Å². The van der Waals surface area contributed by atoms with Gasteiger partial charge in [-0.05, 0) is 46.2 Å². The standard InChI is InChI=1S/C12H23NO2/c1-4-5-12(11(14)15)6-8-13(9-7-12)10(2)3/h10H,4-9H2,1-3H3,(H,14,15). The summed E-state index contributed by atoms with van der Waals surface area (Å²) in [5, 5.41) is 9.33. The third kappa shape index (κ3) is 2.71. The maximum Gasteiger partial charge on any atom is 0.309 e. The molecule has 0 unspecified atom stereocenters. The van der Waals surface area contributed by atoms with Gasteiger partial charge < -0.3 is 10.0 Å². The van der Waals surface area contributed by atoms with E-state index in [0.717, 1.165) is 38.8 Å². The molecule has 0 spiro atoms. The van der Waals surface area contributed by atoms with Crippen molar-refractivity contribution in [1.82, 2.24) is 4.90 Å². The van der Waals surface area contributed by atoms with Gasteiger partial charge in [-0.2, -0.15) is 0 Å². The number of hydrogen-bond acceptors (Lipinski definition) is 2. The van der Waals surface area contributed by atoms with Crippen molar-refractivity contribution in [2.75, 3.05) is 13.1 Å². The summed E-state index contributed by atoms with van der Waals surface area (Å²) in [7, 11) is 0. The zero-order valence-electron chi connectivity index (χ0n) is 10.1. The average molecular weight is 213 g/mol. The Balaban J connectivity index is 2.61. The summed E-state index contributed by atoms with van der Waals surface area (Å²) in [4.78, 5) is 13.7. The monoisotopic (exact) mass is 213 g/mol. The van der Waals surface area contributed by atoms with Crippen LogP contribution in [0.5, 0.6) is 0 Å². The molecule has 1 heterocycles. The smallest absolute Gasteiger partial charge is 0.309 e. The van der Waals surface area contributed by atoms with Gasteiger partial charge in [0.05, 0.1) is 5.41 Å². The lowest BCUT2D eigenvalue weighted by atomic mass is 9.75. The van der Waals surface area contributed by atoms with Crippen LogP contribution in [-0.2, 0) is 4.79 Å². The van der Waals surface area contributed by atoms with Crippen molar-refractivity contribution < 1.29 is 9.90 Å². The Morgan fingerprint density at radius 2 is 1.93 bits per heavy atom. The molecule has 15 heavy (non-hydrogen) atoms. The third-order valence-corrected chi connectivity index (χ3v) is 3.67. The number of carboxylic acid groups (broad SMARTS) is 1. The molecule has 3 nitrogen and oxygen atoms in total. The lowest BCUT2D eigenvalue weighted by molar-refractivity contribution is -0.153. The fraction of sp³-hybridized carbons (Fsp3) is 0.917. The molecule has 0 atom stereocenters. The highest BCUT2D eigenvalue weighted by Gasteiger charge is 2.40. The van der Waals surface area contributed by atoms with E-state index in [1.54, 1.807) is 0 Å². The predicted octanol–water partition coefficient (Wildman–Crippen LogP) is 2.36. The molecule has 0 saturated carbocycles. The van der Waals surface area contributed by atoms with Crippen molar-refractivity contribution in [2.24, 2.45) is 5.41 Å². The number of hydrogen-bond donors (Lipinski definition) is 1. The van der Waals surface area contributed by atoms with Gasteiger partial charge >= 0.3 is 5.97 Å². The van der Waals surface area contributed by atoms with Gasteiger partial charge in [-0.25, -0.2) is 0 Å². The van der Waals surface area contributed by atoms with Gasteiger partial charge in [0.1, 0.15) is 0 Å². The highest BCUT2D eigenvalue weighted by atomic mass is 16.4. The fourth-order valence-corrected chi connectivity index (χ4v) is 2.52. The minimum atomic E-state index is -0.590. The number of rotatable bonds is 4. The molecule has 0 aliphatic carbocycles. The quantitative estimate of drug-likeness (QED) is 0.779. The van der Waals surface area contributed by atoms with Crippen LogP contribution in [0.3, 0.4) is 0 Å². The Hall–Kier alpha value is -0.570. The zero-order chi connectivity index (χ0) is 11.5. The van der Waals surface area contributed by atoms with E-state index in [4.69, 9.17) is 0 Å². The van der Waals surface area contributed by atoms with Crippen LogP contribution in [0.2, 0.25) is 0 Å². The van der Waals surface area contributed by atoms with Crippen LogP contribution in [-0.4, -0.2) is 35.1 Å². The average Bonchev–Trinajstić information content (AvgIpc) is 2.18. The molecule has 1 fully saturated rings. The summed E-state index contributed by atoms with van der Waals surface area (Å²) in [5.74, 6) is -0.590. The van der Waals surface area contributed by atoms with Gasteiger partial charge in [0.25, 0.3) is 0 Å². The number of carbonyl (C=O) groups is 1. The van der Waals surface area contributed by atoms with E-state index < -0.39 is 11.4 Å². The van der Waals surface area contributed by atoms with Gasteiger partial charge in [0.15, 0.2) is 0 Å². The van der Waals surface area contributed by atoms with E-state index in [1.165, 1.54) is 0 Å². The van der Waals surface area contributed by atoms with Crippen LogP contribution in [0.1, 0.15) is 46.5 Å². The first-order valence-corrected chi connectivity index (χ1v) is 5.99. The molecule has 88 valence electrons. The van der Waals surface area contributed by atoms with Crippen LogP contribution in [0.25, 0.3) is 0 Å². The Morgan fingerprint density at radius 3 is 2.27 bits per heavy atom. The predicted molar refractivity (Wildman–Crippen MR) is 60.9 cm³/mol. The van der Waals surface area contributed by atoms with Crippen LogP contribution >= 0.6 is 0 Å². The number of likely N-dealkylation sites (tertiary alicyclic amines) is 1. The van der Waals surface area contributed by atoms with E-state index >= 15 is 0 Å². The maximum absolute atomic E-state index is 11.3. The molecule has 1 aliphatic rings. The second-order valence-corrected chi connectivity index (χ2v) is 4.97. The molecule has 1 N–H and O–H groups in total. The maximum atomic E-state index is 11.3. The van der Waals surface area contributed by atoms with Crippen LogP contribution in [0, 0.1) is 5.41 Å². The van der Waals surface area contributed by atoms with Crippen molar-refractivity contribution in [1.29, 1.82) is 0 Å². The van der Waals surface area contributed by atoms with Gasteiger partial charge in [0.2, 0.25) is 0 Å². The SMILES string of the molecule is CCCC1(C(=O)O)CCN(C(C)C)CC1. The molecule has 3 heteroatoms. The zero-order valence-corrected chi connectivity index (χ0v) is 10.1. The number of piperidine rings is 1. The van der Waals surface area contributed by atoms with Gasteiger partial charge in [-0.3, -0.25) is 4.79 Å². The van der Waals surface area contributed by atoms with Crippen molar-refractivity contribution in [3.8, 4) is 0 Å². The Bertz CT molecular complexity index is 218. The van der Waals surface area contributed by atoms with Crippen molar-refractivity contribution in [3.63, 3.8) is 0 Å². The molecular formula is C12H23NO2. The summed E-state index contributed by atoms with van der Waals surface area (Å²) < 4.78 is 0. The molecule has 0 aromatic heterocycles. The minimum absolute atomic E-state index is 0.430. The first-order valence-electron chi connectivity index (χ1n) is 5.99. The molecule has 1 rings (SSSR count). The van der Waals surface area contributed by atoms with E-state index in [0.29, 0.717) is 6.04 Å². The minimum Gasteiger partial charge on any atom is -0.481 e. The lowest BCUT2D eigenvalue weighted by Gasteiger charge is -2.40. The third-order valence-electron chi connectivity index (χ3n) is 3.67. The number of carboxylic acids is 1. The van der Waals surface area contributed by atoms with Crippen molar-refractivity contribution in [2.45, 2.75) is 52.5 Å². The molecule has 0 aromatic rings. The van der Waals surface area contributed by atoms with E-state index in [9.17, 15) is 9.90 Å². The molecule has 0 aromatic carbocycles. The van der Waals surface area contributed by atoms with Crippen molar-refractivity contribution >= 4 is 5.97 Å². The van der Waals surface area contributed by atoms with Gasteiger partial charge in [0, 0.05) is 6.04 Å². The van der Waals surface area contributed by atoms with Crippen LogP contribution in [0.15, 0.2) is 0 Å². The molecule has 0 amide bonds. The normalized spacial score (nSPS) is 21.9. The first kappa shape index (κ1) is 12.5. The van der Waals surface area contributed by atoms with Gasteiger partial charge in [-0.1, -0.05) is 13.3 Å². The fourth-order valence-electron chi connectivity index (χ4n) is 2.52. The van der Waals surface area contributed by atoms with Crippen molar-refractivity contribution in [3.05, 3.63) is 0 Å². The van der Waals surface area contributed by atoms with E-state index in [1.807, 2.05) is 0 Å². The Kier molecular flexibility index (Phi) is 4.14. The number of aliphatic carboxylic acids is 1. The molecule has 0 bridgehead atoms. The molecule has 1 saturated heterocycles.